The molecule has 2 heterocycles. The average molecular weight is 361 g/mol. The van der Waals surface area contributed by atoms with Gasteiger partial charge in [0.15, 0.2) is 0 Å². The fourth-order valence-corrected chi connectivity index (χ4v) is 3.05. The topological polar surface area (TPSA) is 46.0 Å². The van der Waals surface area contributed by atoms with Crippen molar-refractivity contribution in [3.05, 3.63) is 69.8 Å². The number of aliphatic hydroxyl groups is 1. The number of thiazole rings is 1. The molecule has 0 spiro atoms. The second-order valence-corrected chi connectivity index (χ2v) is 6.41. The van der Waals surface area contributed by atoms with Crippen LogP contribution in [0.15, 0.2) is 58.5 Å². The molecule has 0 saturated heterocycles. The van der Waals surface area contributed by atoms with E-state index in [9.17, 15) is 5.11 Å². The van der Waals surface area contributed by atoms with E-state index in [1.54, 1.807) is 17.5 Å². The predicted octanol–water partition coefficient (Wildman–Crippen LogP) is 4.24. The Morgan fingerprint density at radius 1 is 1.14 bits per heavy atom. The SMILES string of the molecule is OC(Cc1csc(-c2ccc(Br)cn2)n1)c1ccccc1. The van der Waals surface area contributed by atoms with Crippen LogP contribution in [0.5, 0.6) is 0 Å². The quantitative estimate of drug-likeness (QED) is 0.756. The molecule has 2 aromatic heterocycles. The van der Waals surface area contributed by atoms with Crippen molar-refractivity contribution in [2.45, 2.75) is 12.5 Å². The normalized spacial score (nSPS) is 12.3. The average Bonchev–Trinajstić information content (AvgIpc) is 2.97. The number of hydrogen-bond donors (Lipinski definition) is 1. The van der Waals surface area contributed by atoms with Crippen LogP contribution in [0.2, 0.25) is 0 Å². The molecule has 0 bridgehead atoms. The molecular formula is C16H13BrN2OS. The van der Waals surface area contributed by atoms with Crippen LogP contribution in [-0.2, 0) is 6.42 Å². The molecule has 0 radical (unpaired) electrons. The first-order valence-corrected chi connectivity index (χ1v) is 8.19. The van der Waals surface area contributed by atoms with Gasteiger partial charge in [0.25, 0.3) is 0 Å². The molecule has 0 saturated carbocycles. The third kappa shape index (κ3) is 3.56. The van der Waals surface area contributed by atoms with Gasteiger partial charge in [0, 0.05) is 22.5 Å². The number of nitrogens with zero attached hydrogens (tertiary/aromatic N) is 2. The third-order valence-electron chi connectivity index (χ3n) is 3.09. The van der Waals surface area contributed by atoms with E-state index in [0.717, 1.165) is 26.4 Å². The van der Waals surface area contributed by atoms with Gasteiger partial charge in [-0.3, -0.25) is 4.98 Å². The summed E-state index contributed by atoms with van der Waals surface area (Å²) in [6.07, 6.45) is 1.74. The van der Waals surface area contributed by atoms with Crippen molar-refractivity contribution < 1.29 is 5.11 Å². The van der Waals surface area contributed by atoms with Gasteiger partial charge in [-0.1, -0.05) is 30.3 Å². The molecule has 5 heteroatoms. The summed E-state index contributed by atoms with van der Waals surface area (Å²) in [6, 6.07) is 13.5. The van der Waals surface area contributed by atoms with Crippen molar-refractivity contribution in [3.63, 3.8) is 0 Å². The van der Waals surface area contributed by atoms with Crippen molar-refractivity contribution in [1.29, 1.82) is 0 Å². The van der Waals surface area contributed by atoms with Crippen LogP contribution in [0, 0.1) is 0 Å². The number of aliphatic hydroxyl groups excluding tert-OH is 1. The number of hydrogen-bond acceptors (Lipinski definition) is 4. The van der Waals surface area contributed by atoms with Gasteiger partial charge in [-0.2, -0.15) is 0 Å². The predicted molar refractivity (Wildman–Crippen MR) is 88.2 cm³/mol. The Labute approximate surface area is 135 Å². The van der Waals surface area contributed by atoms with Crippen molar-refractivity contribution in [2.75, 3.05) is 0 Å². The van der Waals surface area contributed by atoms with Crippen LogP contribution >= 0.6 is 27.3 Å². The van der Waals surface area contributed by atoms with Crippen LogP contribution in [0.25, 0.3) is 10.7 Å². The summed E-state index contributed by atoms with van der Waals surface area (Å²) in [5.41, 5.74) is 2.65. The largest absolute Gasteiger partial charge is 0.388 e. The second-order valence-electron chi connectivity index (χ2n) is 4.64. The standard InChI is InChI=1S/C16H13BrN2OS/c17-12-6-7-14(18-9-12)16-19-13(10-21-16)8-15(20)11-4-2-1-3-5-11/h1-7,9-10,15,20H,8H2. The van der Waals surface area contributed by atoms with E-state index in [1.165, 1.54) is 0 Å². The van der Waals surface area contributed by atoms with Gasteiger partial charge in [-0.05, 0) is 33.6 Å². The second kappa shape index (κ2) is 6.47. The molecule has 21 heavy (non-hydrogen) atoms. The molecular weight excluding hydrogens is 348 g/mol. The van der Waals surface area contributed by atoms with Crippen LogP contribution in [-0.4, -0.2) is 15.1 Å². The van der Waals surface area contributed by atoms with Crippen LogP contribution < -0.4 is 0 Å². The minimum Gasteiger partial charge on any atom is -0.388 e. The Kier molecular flexibility index (Phi) is 4.43. The highest BCUT2D eigenvalue weighted by atomic mass is 79.9. The Balaban J connectivity index is 1.75. The van der Waals surface area contributed by atoms with E-state index in [1.807, 2.05) is 47.8 Å². The van der Waals surface area contributed by atoms with Gasteiger partial charge in [-0.15, -0.1) is 11.3 Å². The molecule has 0 aliphatic carbocycles. The van der Waals surface area contributed by atoms with Crippen molar-refractivity contribution in [3.8, 4) is 10.7 Å². The molecule has 1 N–H and O–H groups in total. The summed E-state index contributed by atoms with van der Waals surface area (Å²) in [4.78, 5) is 8.89. The first kappa shape index (κ1) is 14.4. The fraction of sp³-hybridized carbons (Fsp3) is 0.125. The lowest BCUT2D eigenvalue weighted by molar-refractivity contribution is 0.177. The summed E-state index contributed by atoms with van der Waals surface area (Å²) in [5.74, 6) is 0. The molecule has 1 unspecified atom stereocenters. The summed E-state index contributed by atoms with van der Waals surface area (Å²) < 4.78 is 0.947. The van der Waals surface area contributed by atoms with E-state index in [-0.39, 0.29) is 0 Å². The first-order chi connectivity index (χ1) is 10.2. The van der Waals surface area contributed by atoms with Crippen molar-refractivity contribution >= 4 is 27.3 Å². The molecule has 1 aromatic carbocycles. The van der Waals surface area contributed by atoms with Gasteiger partial charge in [0.05, 0.1) is 17.5 Å². The first-order valence-electron chi connectivity index (χ1n) is 6.52. The number of benzene rings is 1. The fourth-order valence-electron chi connectivity index (χ4n) is 2.01. The number of pyridine rings is 1. The van der Waals surface area contributed by atoms with Gasteiger partial charge in [0.1, 0.15) is 5.01 Å². The molecule has 3 nitrogen and oxygen atoms in total. The zero-order chi connectivity index (χ0) is 14.7. The summed E-state index contributed by atoms with van der Waals surface area (Å²) in [6.45, 7) is 0. The van der Waals surface area contributed by atoms with Crippen LogP contribution in [0.3, 0.4) is 0 Å². The van der Waals surface area contributed by atoms with Crippen LogP contribution in [0.1, 0.15) is 17.4 Å². The highest BCUT2D eigenvalue weighted by Gasteiger charge is 2.12. The minimum atomic E-state index is -0.529. The van der Waals surface area contributed by atoms with E-state index >= 15 is 0 Å². The van der Waals surface area contributed by atoms with E-state index in [4.69, 9.17) is 0 Å². The maximum atomic E-state index is 10.2. The number of rotatable bonds is 4. The molecule has 3 rings (SSSR count). The Morgan fingerprint density at radius 3 is 2.67 bits per heavy atom. The molecule has 0 fully saturated rings. The molecule has 1 atom stereocenters. The van der Waals surface area contributed by atoms with Crippen molar-refractivity contribution in [1.82, 2.24) is 9.97 Å². The highest BCUT2D eigenvalue weighted by molar-refractivity contribution is 9.10. The van der Waals surface area contributed by atoms with Gasteiger partial charge in [-0.25, -0.2) is 4.98 Å². The summed E-state index contributed by atoms with van der Waals surface area (Å²) in [5, 5.41) is 13.1. The lowest BCUT2D eigenvalue weighted by Gasteiger charge is -2.08. The van der Waals surface area contributed by atoms with E-state index in [2.05, 4.69) is 25.9 Å². The Hall–Kier alpha value is -1.56. The smallest absolute Gasteiger partial charge is 0.142 e. The maximum absolute atomic E-state index is 10.2. The number of halogens is 1. The highest BCUT2D eigenvalue weighted by Crippen LogP contribution is 2.25. The Bertz CT molecular complexity index is 713. The lowest BCUT2D eigenvalue weighted by Crippen LogP contribution is -2.01. The van der Waals surface area contributed by atoms with Crippen LogP contribution in [0.4, 0.5) is 0 Å². The lowest BCUT2D eigenvalue weighted by atomic mass is 10.1. The number of aromatic nitrogens is 2. The van der Waals surface area contributed by atoms with Gasteiger partial charge < -0.3 is 5.11 Å². The van der Waals surface area contributed by atoms with E-state index < -0.39 is 6.10 Å². The molecule has 106 valence electrons. The molecule has 3 aromatic rings. The summed E-state index contributed by atoms with van der Waals surface area (Å²) in [7, 11) is 0. The Morgan fingerprint density at radius 2 is 1.95 bits per heavy atom. The monoisotopic (exact) mass is 360 g/mol. The van der Waals surface area contributed by atoms with Gasteiger partial charge >= 0.3 is 0 Å². The molecule has 0 aliphatic rings. The zero-order valence-electron chi connectivity index (χ0n) is 11.1. The molecule has 0 amide bonds. The zero-order valence-corrected chi connectivity index (χ0v) is 13.5. The van der Waals surface area contributed by atoms with Gasteiger partial charge in [0.2, 0.25) is 0 Å². The third-order valence-corrected chi connectivity index (χ3v) is 4.47. The minimum absolute atomic E-state index is 0.511. The van der Waals surface area contributed by atoms with E-state index in [0.29, 0.717) is 6.42 Å². The maximum Gasteiger partial charge on any atom is 0.142 e. The van der Waals surface area contributed by atoms with Crippen molar-refractivity contribution in [2.24, 2.45) is 0 Å². The summed E-state index contributed by atoms with van der Waals surface area (Å²) >= 11 is 4.91. The molecule has 0 aliphatic heterocycles.